The molecule has 0 N–H and O–H groups in total. The number of halogens is 1. The van der Waals surface area contributed by atoms with Gasteiger partial charge in [-0.1, -0.05) is 13.8 Å². The molecule has 1 unspecified atom stereocenters. The standard InChI is InChI=1S/C18H25BrN2O4/c1-11(2)8-13-7-6-12-9-14(21(23)24)10-15(19)16(12)20(13)17(22)25-18(3,4)5/h9-11,13H,6-8H2,1-5H3. The zero-order valence-corrected chi connectivity index (χ0v) is 16.9. The van der Waals surface area contributed by atoms with Crippen LogP contribution in [0.5, 0.6) is 0 Å². The predicted octanol–water partition coefficient (Wildman–Crippen LogP) is 5.46. The predicted molar refractivity (Wildman–Crippen MR) is 101 cm³/mol. The molecule has 0 bridgehead atoms. The van der Waals surface area contributed by atoms with Crippen LogP contribution in [-0.2, 0) is 11.2 Å². The zero-order valence-electron chi connectivity index (χ0n) is 15.3. The Bertz CT molecular complexity index is 682. The summed E-state index contributed by atoms with van der Waals surface area (Å²) in [6.45, 7) is 9.73. The highest BCUT2D eigenvalue weighted by Crippen LogP contribution is 2.41. The first kappa shape index (κ1) is 19.7. The minimum Gasteiger partial charge on any atom is -0.443 e. The van der Waals surface area contributed by atoms with Gasteiger partial charge in [-0.15, -0.1) is 0 Å². The SMILES string of the molecule is CC(C)CC1CCc2cc([N+](=O)[O-])cc(Br)c2N1C(=O)OC(C)(C)C. The average molecular weight is 413 g/mol. The number of nitrogens with zero attached hydrogens (tertiary/aromatic N) is 2. The molecular formula is C18H25BrN2O4. The lowest BCUT2D eigenvalue weighted by Gasteiger charge is -2.39. The first-order valence-electron chi connectivity index (χ1n) is 8.48. The molecule has 0 saturated heterocycles. The van der Waals surface area contributed by atoms with Crippen molar-refractivity contribution in [2.24, 2.45) is 5.92 Å². The van der Waals surface area contributed by atoms with Crippen LogP contribution in [0.4, 0.5) is 16.2 Å². The van der Waals surface area contributed by atoms with Gasteiger partial charge in [0.25, 0.3) is 5.69 Å². The number of fused-ring (bicyclic) bond motifs is 1. The van der Waals surface area contributed by atoms with Gasteiger partial charge in [0.2, 0.25) is 0 Å². The lowest BCUT2D eigenvalue weighted by molar-refractivity contribution is -0.385. The first-order chi connectivity index (χ1) is 11.5. The van der Waals surface area contributed by atoms with Gasteiger partial charge in [-0.05, 0) is 67.4 Å². The highest BCUT2D eigenvalue weighted by molar-refractivity contribution is 9.10. The summed E-state index contributed by atoms with van der Waals surface area (Å²) in [5, 5.41) is 11.1. The Kier molecular flexibility index (Phi) is 5.76. The molecule has 1 atom stereocenters. The third-order valence-corrected chi connectivity index (χ3v) is 4.63. The van der Waals surface area contributed by atoms with Crippen LogP contribution in [0.15, 0.2) is 16.6 Å². The Labute approximate surface area is 156 Å². The molecule has 6 nitrogen and oxygen atoms in total. The van der Waals surface area contributed by atoms with Crippen LogP contribution in [0.3, 0.4) is 0 Å². The molecule has 0 aliphatic carbocycles. The molecule has 1 aromatic carbocycles. The molecule has 0 radical (unpaired) electrons. The molecule has 1 aromatic rings. The minimum absolute atomic E-state index is 0.0140. The Balaban J connectivity index is 2.50. The van der Waals surface area contributed by atoms with Crippen molar-refractivity contribution in [1.29, 1.82) is 0 Å². The van der Waals surface area contributed by atoms with E-state index in [-0.39, 0.29) is 11.7 Å². The van der Waals surface area contributed by atoms with Gasteiger partial charge in [0.05, 0.1) is 10.6 Å². The van der Waals surface area contributed by atoms with Gasteiger partial charge in [-0.2, -0.15) is 0 Å². The summed E-state index contributed by atoms with van der Waals surface area (Å²) < 4.78 is 6.16. The van der Waals surface area contributed by atoms with Crippen molar-refractivity contribution in [2.75, 3.05) is 4.90 Å². The molecule has 1 amide bonds. The minimum atomic E-state index is -0.607. The van der Waals surface area contributed by atoms with Crippen molar-refractivity contribution in [3.05, 3.63) is 32.3 Å². The zero-order chi connectivity index (χ0) is 18.9. The second-order valence-electron chi connectivity index (χ2n) is 7.86. The number of rotatable bonds is 3. The fourth-order valence-electron chi connectivity index (χ4n) is 3.16. The number of non-ortho nitro benzene ring substituents is 1. The molecule has 1 aliphatic heterocycles. The van der Waals surface area contributed by atoms with Crippen LogP contribution in [0.2, 0.25) is 0 Å². The van der Waals surface area contributed by atoms with Gasteiger partial charge >= 0.3 is 6.09 Å². The lowest BCUT2D eigenvalue weighted by Crippen LogP contribution is -2.47. The van der Waals surface area contributed by atoms with Crippen molar-refractivity contribution in [2.45, 2.75) is 65.5 Å². The summed E-state index contributed by atoms with van der Waals surface area (Å²) in [5.41, 5.74) is 0.908. The molecular weight excluding hydrogens is 388 g/mol. The maximum absolute atomic E-state index is 12.9. The maximum atomic E-state index is 12.9. The van der Waals surface area contributed by atoms with E-state index >= 15 is 0 Å². The number of ether oxygens (including phenoxy) is 1. The molecule has 7 heteroatoms. The van der Waals surface area contributed by atoms with E-state index in [9.17, 15) is 14.9 Å². The lowest BCUT2D eigenvalue weighted by atomic mass is 9.90. The number of nitro benzene ring substituents is 1. The van der Waals surface area contributed by atoms with E-state index in [1.165, 1.54) is 6.07 Å². The number of hydrogen-bond donors (Lipinski definition) is 0. The van der Waals surface area contributed by atoms with Crippen LogP contribution in [0.1, 0.15) is 53.0 Å². The van der Waals surface area contributed by atoms with Gasteiger partial charge in [0.1, 0.15) is 5.60 Å². The summed E-state index contributed by atoms with van der Waals surface area (Å²) in [6.07, 6.45) is 1.90. The smallest absolute Gasteiger partial charge is 0.415 e. The second-order valence-corrected chi connectivity index (χ2v) is 8.72. The van der Waals surface area contributed by atoms with Crippen LogP contribution in [0.25, 0.3) is 0 Å². The topological polar surface area (TPSA) is 72.7 Å². The summed E-state index contributed by atoms with van der Waals surface area (Å²) in [7, 11) is 0. The van der Waals surface area contributed by atoms with Crippen molar-refractivity contribution in [3.63, 3.8) is 0 Å². The summed E-state index contributed by atoms with van der Waals surface area (Å²) >= 11 is 3.43. The van der Waals surface area contributed by atoms with Crippen LogP contribution in [-0.4, -0.2) is 22.7 Å². The van der Waals surface area contributed by atoms with E-state index in [1.54, 1.807) is 11.0 Å². The van der Waals surface area contributed by atoms with Crippen LogP contribution in [0, 0.1) is 16.0 Å². The maximum Gasteiger partial charge on any atom is 0.415 e. The molecule has 0 saturated carbocycles. The molecule has 0 spiro atoms. The molecule has 25 heavy (non-hydrogen) atoms. The Hall–Kier alpha value is -1.63. The van der Waals surface area contributed by atoms with Crippen molar-refractivity contribution in [1.82, 2.24) is 0 Å². The molecule has 1 aliphatic rings. The highest BCUT2D eigenvalue weighted by atomic mass is 79.9. The van der Waals surface area contributed by atoms with E-state index < -0.39 is 16.6 Å². The number of carbonyl (C=O) groups is 1. The third kappa shape index (κ3) is 4.71. The first-order valence-corrected chi connectivity index (χ1v) is 9.28. The van der Waals surface area contributed by atoms with E-state index in [4.69, 9.17) is 4.74 Å². The second kappa shape index (κ2) is 7.32. The largest absolute Gasteiger partial charge is 0.443 e. The number of benzene rings is 1. The normalized spacial score (nSPS) is 17.4. The number of amides is 1. The van der Waals surface area contributed by atoms with Crippen LogP contribution >= 0.6 is 15.9 Å². The monoisotopic (exact) mass is 412 g/mol. The number of nitro groups is 1. The number of hydrogen-bond acceptors (Lipinski definition) is 4. The van der Waals surface area contributed by atoms with Gasteiger partial charge in [-0.3, -0.25) is 15.0 Å². The Morgan fingerprint density at radius 2 is 2.08 bits per heavy atom. The molecule has 2 rings (SSSR count). The number of carbonyl (C=O) groups excluding carboxylic acids is 1. The van der Waals surface area contributed by atoms with Crippen LogP contribution < -0.4 is 4.90 Å². The summed E-state index contributed by atoms with van der Waals surface area (Å²) in [6, 6.07) is 3.02. The molecule has 138 valence electrons. The Morgan fingerprint density at radius 3 is 2.60 bits per heavy atom. The summed E-state index contributed by atoms with van der Waals surface area (Å²) in [5.74, 6) is 0.424. The van der Waals surface area contributed by atoms with E-state index in [1.807, 2.05) is 20.8 Å². The fourth-order valence-corrected chi connectivity index (χ4v) is 3.84. The van der Waals surface area contributed by atoms with Gasteiger partial charge in [-0.25, -0.2) is 4.79 Å². The molecule has 0 aromatic heterocycles. The van der Waals surface area contributed by atoms with E-state index in [0.717, 1.165) is 18.4 Å². The quantitative estimate of drug-likeness (QED) is 0.487. The Morgan fingerprint density at radius 1 is 1.44 bits per heavy atom. The van der Waals surface area contributed by atoms with Crippen molar-refractivity contribution < 1.29 is 14.5 Å². The average Bonchev–Trinajstić information content (AvgIpc) is 2.44. The van der Waals surface area contributed by atoms with Crippen molar-refractivity contribution >= 4 is 33.4 Å². The highest BCUT2D eigenvalue weighted by Gasteiger charge is 2.36. The van der Waals surface area contributed by atoms with Gasteiger partial charge in [0, 0.05) is 22.6 Å². The van der Waals surface area contributed by atoms with E-state index in [2.05, 4.69) is 29.8 Å². The van der Waals surface area contributed by atoms with Gasteiger partial charge < -0.3 is 4.74 Å². The van der Waals surface area contributed by atoms with E-state index in [0.29, 0.717) is 22.5 Å². The third-order valence-electron chi connectivity index (χ3n) is 4.02. The number of anilines is 1. The summed E-state index contributed by atoms with van der Waals surface area (Å²) in [4.78, 5) is 25.3. The molecule has 1 heterocycles. The van der Waals surface area contributed by atoms with Crippen molar-refractivity contribution in [3.8, 4) is 0 Å². The fraction of sp³-hybridized carbons (Fsp3) is 0.611. The molecule has 0 fully saturated rings. The van der Waals surface area contributed by atoms with Gasteiger partial charge in [0.15, 0.2) is 0 Å². The number of aryl methyl sites for hydroxylation is 1.